The van der Waals surface area contributed by atoms with Crippen molar-refractivity contribution in [1.82, 2.24) is 5.32 Å². The van der Waals surface area contributed by atoms with Gasteiger partial charge in [-0.2, -0.15) is 0 Å². The van der Waals surface area contributed by atoms with Crippen LogP contribution in [0, 0.1) is 5.92 Å². The van der Waals surface area contributed by atoms with Crippen molar-refractivity contribution in [2.75, 3.05) is 13.2 Å². The zero-order chi connectivity index (χ0) is 13.8. The maximum Gasteiger partial charge on any atom is 0.0866 e. The lowest BCUT2D eigenvalue weighted by molar-refractivity contribution is 0.0900. The zero-order valence-electron chi connectivity index (χ0n) is 11.8. The lowest BCUT2D eigenvalue weighted by Crippen LogP contribution is -2.27. The van der Waals surface area contributed by atoms with Gasteiger partial charge in [-0.15, -0.1) is 11.3 Å². The fourth-order valence-electron chi connectivity index (χ4n) is 2.82. The second-order valence-electron chi connectivity index (χ2n) is 5.40. The normalized spacial score (nSPS) is 23.9. The van der Waals surface area contributed by atoms with Crippen LogP contribution in [-0.4, -0.2) is 13.2 Å². The first-order valence-corrected chi connectivity index (χ1v) is 8.16. The van der Waals surface area contributed by atoms with Gasteiger partial charge in [0.2, 0.25) is 0 Å². The molecule has 2 heterocycles. The minimum atomic E-state index is 0.249. The summed E-state index contributed by atoms with van der Waals surface area (Å²) in [6.45, 7) is 4.12. The van der Waals surface area contributed by atoms with Gasteiger partial charge in [0.15, 0.2) is 0 Å². The first-order chi connectivity index (χ1) is 9.84. The predicted octanol–water partition coefficient (Wildman–Crippen LogP) is 4.18. The van der Waals surface area contributed by atoms with Gasteiger partial charge in [0.1, 0.15) is 0 Å². The van der Waals surface area contributed by atoms with Crippen molar-refractivity contribution in [3.8, 4) is 0 Å². The van der Waals surface area contributed by atoms with Gasteiger partial charge in [-0.1, -0.05) is 36.4 Å². The van der Waals surface area contributed by atoms with Crippen molar-refractivity contribution < 1.29 is 4.74 Å². The minimum absolute atomic E-state index is 0.249. The van der Waals surface area contributed by atoms with Gasteiger partial charge in [-0.25, -0.2) is 0 Å². The smallest absolute Gasteiger partial charge is 0.0866 e. The average molecular weight is 287 g/mol. The molecule has 0 aliphatic carbocycles. The van der Waals surface area contributed by atoms with E-state index in [2.05, 4.69) is 60.1 Å². The molecule has 1 fully saturated rings. The quantitative estimate of drug-likeness (QED) is 0.891. The lowest BCUT2D eigenvalue weighted by atomic mass is 9.95. The van der Waals surface area contributed by atoms with Gasteiger partial charge in [0.25, 0.3) is 0 Å². The van der Waals surface area contributed by atoms with Crippen molar-refractivity contribution in [1.29, 1.82) is 0 Å². The molecule has 0 saturated carbocycles. The molecule has 0 unspecified atom stereocenters. The van der Waals surface area contributed by atoms with E-state index in [4.69, 9.17) is 4.74 Å². The lowest BCUT2D eigenvalue weighted by Gasteiger charge is -2.21. The Hall–Kier alpha value is -1.16. The van der Waals surface area contributed by atoms with Gasteiger partial charge in [-0.05, 0) is 30.4 Å². The highest BCUT2D eigenvalue weighted by molar-refractivity contribution is 7.10. The molecule has 1 aromatic heterocycles. The maximum absolute atomic E-state index is 5.94. The van der Waals surface area contributed by atoms with E-state index in [-0.39, 0.29) is 6.10 Å². The van der Waals surface area contributed by atoms with Crippen LogP contribution < -0.4 is 5.32 Å². The molecule has 1 saturated heterocycles. The van der Waals surface area contributed by atoms with Crippen molar-refractivity contribution in [3.05, 3.63) is 58.3 Å². The molecule has 1 aromatic carbocycles. The summed E-state index contributed by atoms with van der Waals surface area (Å²) in [6.07, 6.45) is 1.39. The summed E-state index contributed by atoms with van der Waals surface area (Å²) in [4.78, 5) is 1.40. The molecule has 1 aliphatic heterocycles. The summed E-state index contributed by atoms with van der Waals surface area (Å²) < 4.78 is 5.94. The summed E-state index contributed by atoms with van der Waals surface area (Å²) in [5.74, 6) is 0.569. The Morgan fingerprint density at radius 1 is 1.25 bits per heavy atom. The molecule has 0 bridgehead atoms. The second-order valence-corrected chi connectivity index (χ2v) is 6.38. The van der Waals surface area contributed by atoms with Crippen molar-refractivity contribution in [2.24, 2.45) is 5.92 Å². The third-order valence-corrected chi connectivity index (χ3v) is 5.05. The van der Waals surface area contributed by atoms with Crippen molar-refractivity contribution in [2.45, 2.75) is 25.5 Å². The molecule has 20 heavy (non-hydrogen) atoms. The van der Waals surface area contributed by atoms with Gasteiger partial charge >= 0.3 is 0 Å². The standard InChI is InChI=1S/C17H21NOS/c1-13(16-8-5-11-20-16)18-12-15-9-10-19-17(15)14-6-3-2-4-7-14/h2-8,11,13,15,17-18H,9-10,12H2,1H3/t13-,15+,17+/m0/s1. The second kappa shape index (κ2) is 6.53. The number of thiophene rings is 1. The van der Waals surface area contributed by atoms with E-state index in [0.29, 0.717) is 12.0 Å². The van der Waals surface area contributed by atoms with Crippen molar-refractivity contribution in [3.63, 3.8) is 0 Å². The van der Waals surface area contributed by atoms with E-state index in [1.165, 1.54) is 10.4 Å². The van der Waals surface area contributed by atoms with Crippen LogP contribution in [0.3, 0.4) is 0 Å². The molecule has 3 atom stereocenters. The van der Waals surface area contributed by atoms with E-state index in [1.54, 1.807) is 0 Å². The minimum Gasteiger partial charge on any atom is -0.373 e. The maximum atomic E-state index is 5.94. The van der Waals surface area contributed by atoms with Crippen LogP contribution in [0.15, 0.2) is 47.8 Å². The number of rotatable bonds is 5. The van der Waals surface area contributed by atoms with Crippen LogP contribution >= 0.6 is 11.3 Å². The summed E-state index contributed by atoms with van der Waals surface area (Å²) >= 11 is 1.82. The van der Waals surface area contributed by atoms with Crippen molar-refractivity contribution >= 4 is 11.3 Å². The summed E-state index contributed by atoms with van der Waals surface area (Å²) in [5, 5.41) is 5.79. The third-order valence-electron chi connectivity index (χ3n) is 4.00. The molecule has 2 nitrogen and oxygen atoms in total. The molecule has 2 aromatic rings. The average Bonchev–Trinajstić information content (AvgIpc) is 3.17. The van der Waals surface area contributed by atoms with E-state index in [0.717, 1.165) is 19.6 Å². The fourth-order valence-corrected chi connectivity index (χ4v) is 3.58. The van der Waals surface area contributed by atoms with Crippen LogP contribution in [0.4, 0.5) is 0 Å². The first kappa shape index (κ1) is 13.8. The van der Waals surface area contributed by atoms with Crippen LogP contribution in [0.2, 0.25) is 0 Å². The highest BCUT2D eigenvalue weighted by Crippen LogP contribution is 2.34. The molecule has 106 valence electrons. The molecule has 0 amide bonds. The van der Waals surface area contributed by atoms with E-state index >= 15 is 0 Å². The Morgan fingerprint density at radius 2 is 2.10 bits per heavy atom. The Labute approximate surface area is 124 Å². The topological polar surface area (TPSA) is 21.3 Å². The predicted molar refractivity (Wildman–Crippen MR) is 84.0 cm³/mol. The highest BCUT2D eigenvalue weighted by Gasteiger charge is 2.29. The van der Waals surface area contributed by atoms with Gasteiger partial charge in [0, 0.05) is 30.0 Å². The summed E-state index contributed by atoms with van der Waals surface area (Å²) in [6, 6.07) is 15.3. The molecule has 3 rings (SSSR count). The third kappa shape index (κ3) is 3.11. The van der Waals surface area contributed by atoms with Crippen LogP contribution in [-0.2, 0) is 4.74 Å². The monoisotopic (exact) mass is 287 g/mol. The van der Waals surface area contributed by atoms with Crippen LogP contribution in [0.5, 0.6) is 0 Å². The van der Waals surface area contributed by atoms with E-state index in [9.17, 15) is 0 Å². The number of ether oxygens (including phenoxy) is 1. The summed E-state index contributed by atoms with van der Waals surface area (Å²) in [5.41, 5.74) is 1.31. The highest BCUT2D eigenvalue weighted by atomic mass is 32.1. The number of hydrogen-bond acceptors (Lipinski definition) is 3. The van der Waals surface area contributed by atoms with Crippen LogP contribution in [0.1, 0.15) is 35.9 Å². The molecule has 1 N–H and O–H groups in total. The van der Waals surface area contributed by atoms with Gasteiger partial charge in [-0.3, -0.25) is 0 Å². The largest absolute Gasteiger partial charge is 0.373 e. The van der Waals surface area contributed by atoms with Gasteiger partial charge in [0.05, 0.1) is 6.10 Å². The number of benzene rings is 1. The molecular weight excluding hydrogens is 266 g/mol. The Kier molecular flexibility index (Phi) is 4.51. The zero-order valence-corrected chi connectivity index (χ0v) is 12.6. The fraction of sp³-hybridized carbons (Fsp3) is 0.412. The molecule has 0 radical (unpaired) electrons. The molecular formula is C17H21NOS. The van der Waals surface area contributed by atoms with Gasteiger partial charge < -0.3 is 10.1 Å². The molecule has 3 heteroatoms. The molecule has 1 aliphatic rings. The Balaban J connectivity index is 1.59. The number of hydrogen-bond donors (Lipinski definition) is 1. The number of nitrogens with one attached hydrogen (secondary N) is 1. The SMILES string of the molecule is C[C@H](NC[C@H]1CCO[C@@H]1c1ccccc1)c1cccs1. The van der Waals surface area contributed by atoms with E-state index < -0.39 is 0 Å². The van der Waals surface area contributed by atoms with E-state index in [1.807, 2.05) is 11.3 Å². The van der Waals surface area contributed by atoms with Crippen LogP contribution in [0.25, 0.3) is 0 Å². The molecule has 0 spiro atoms. The Bertz CT molecular complexity index is 511. The summed E-state index contributed by atoms with van der Waals surface area (Å²) in [7, 11) is 0. The first-order valence-electron chi connectivity index (χ1n) is 7.28. The Morgan fingerprint density at radius 3 is 2.85 bits per heavy atom.